The largest absolute Gasteiger partial charge is 0.377 e. The van der Waals surface area contributed by atoms with E-state index in [0.29, 0.717) is 16.6 Å². The van der Waals surface area contributed by atoms with Crippen LogP contribution in [0, 0.1) is 6.92 Å². The van der Waals surface area contributed by atoms with Crippen molar-refractivity contribution in [2.24, 2.45) is 0 Å². The summed E-state index contributed by atoms with van der Waals surface area (Å²) in [6.45, 7) is 2.55. The molecule has 2 N–H and O–H groups in total. The van der Waals surface area contributed by atoms with Crippen molar-refractivity contribution in [1.82, 2.24) is 9.97 Å². The van der Waals surface area contributed by atoms with Crippen LogP contribution in [0.5, 0.6) is 0 Å². The second kappa shape index (κ2) is 5.29. The number of aromatic nitrogens is 2. The minimum Gasteiger partial charge on any atom is -0.377 e. The third-order valence-electron chi connectivity index (χ3n) is 2.37. The second-order valence-electron chi connectivity index (χ2n) is 3.57. The third-order valence-corrected chi connectivity index (χ3v) is 3.43. The fraction of sp³-hybridized carbons (Fsp3) is 0.182. The zero-order valence-corrected chi connectivity index (χ0v) is 12.1. The number of halogens is 3. The molecule has 0 aliphatic carbocycles. The summed E-state index contributed by atoms with van der Waals surface area (Å²) < 4.78 is 0.856. The summed E-state index contributed by atoms with van der Waals surface area (Å²) >= 11 is 15.6. The highest BCUT2D eigenvalue weighted by Gasteiger charge is 2.08. The number of imidazole rings is 1. The Labute approximate surface area is 118 Å². The van der Waals surface area contributed by atoms with Gasteiger partial charge < -0.3 is 10.3 Å². The van der Waals surface area contributed by atoms with E-state index in [4.69, 9.17) is 23.2 Å². The van der Waals surface area contributed by atoms with E-state index >= 15 is 0 Å². The van der Waals surface area contributed by atoms with Crippen LogP contribution in [0.3, 0.4) is 0 Å². The maximum Gasteiger partial charge on any atom is 0.0925 e. The molecule has 0 bridgehead atoms. The van der Waals surface area contributed by atoms with E-state index in [1.54, 1.807) is 18.5 Å². The molecule has 3 nitrogen and oxygen atoms in total. The van der Waals surface area contributed by atoms with Crippen molar-refractivity contribution in [3.8, 4) is 0 Å². The lowest BCUT2D eigenvalue weighted by Crippen LogP contribution is -2.02. The van der Waals surface area contributed by atoms with Crippen molar-refractivity contribution in [2.75, 3.05) is 5.32 Å². The maximum atomic E-state index is 6.11. The molecule has 2 rings (SSSR count). The molecule has 0 unspecified atom stereocenters. The lowest BCUT2D eigenvalue weighted by molar-refractivity contribution is 1.05. The van der Waals surface area contributed by atoms with Gasteiger partial charge in [0.15, 0.2) is 0 Å². The number of nitrogens with one attached hydrogen (secondary N) is 2. The topological polar surface area (TPSA) is 40.7 Å². The van der Waals surface area contributed by atoms with Gasteiger partial charge in [0.2, 0.25) is 0 Å². The fourth-order valence-corrected chi connectivity index (χ4v) is 2.79. The first-order chi connectivity index (χ1) is 8.08. The SMILES string of the molecule is Cc1[nH]cnc1CNc1c(Cl)cc(Br)cc1Cl. The molecule has 0 aliphatic rings. The van der Waals surface area contributed by atoms with E-state index in [1.807, 2.05) is 6.92 Å². The molecule has 0 amide bonds. The first-order valence-electron chi connectivity index (χ1n) is 4.95. The number of benzene rings is 1. The fourth-order valence-electron chi connectivity index (χ4n) is 1.45. The number of aromatic amines is 1. The van der Waals surface area contributed by atoms with Gasteiger partial charge in [-0.25, -0.2) is 4.98 Å². The van der Waals surface area contributed by atoms with Crippen LogP contribution >= 0.6 is 39.1 Å². The highest BCUT2D eigenvalue weighted by Crippen LogP contribution is 2.34. The smallest absolute Gasteiger partial charge is 0.0925 e. The van der Waals surface area contributed by atoms with Crippen LogP contribution in [0.4, 0.5) is 5.69 Å². The molecule has 90 valence electrons. The lowest BCUT2D eigenvalue weighted by Gasteiger charge is -2.10. The summed E-state index contributed by atoms with van der Waals surface area (Å²) in [5.41, 5.74) is 2.70. The number of aryl methyl sites for hydroxylation is 1. The van der Waals surface area contributed by atoms with Crippen molar-refractivity contribution in [3.63, 3.8) is 0 Å². The molecule has 0 saturated carbocycles. The van der Waals surface area contributed by atoms with Gasteiger partial charge in [-0.15, -0.1) is 0 Å². The predicted molar refractivity (Wildman–Crippen MR) is 74.8 cm³/mol. The van der Waals surface area contributed by atoms with E-state index in [1.165, 1.54) is 0 Å². The van der Waals surface area contributed by atoms with E-state index in [0.717, 1.165) is 21.5 Å². The zero-order valence-electron chi connectivity index (χ0n) is 9.02. The van der Waals surface area contributed by atoms with E-state index < -0.39 is 0 Å². The molecular formula is C11H10BrCl2N3. The zero-order chi connectivity index (χ0) is 12.4. The van der Waals surface area contributed by atoms with Gasteiger partial charge in [-0.1, -0.05) is 39.1 Å². The van der Waals surface area contributed by atoms with Crippen molar-refractivity contribution in [3.05, 3.63) is 44.4 Å². The number of H-pyrrole nitrogens is 1. The second-order valence-corrected chi connectivity index (χ2v) is 5.30. The summed E-state index contributed by atoms with van der Waals surface area (Å²) in [5, 5.41) is 4.35. The van der Waals surface area contributed by atoms with Gasteiger partial charge in [0.05, 0.1) is 34.3 Å². The molecule has 0 spiro atoms. The minimum absolute atomic E-state index is 0.580. The van der Waals surface area contributed by atoms with Crippen molar-refractivity contribution in [2.45, 2.75) is 13.5 Å². The number of hydrogen-bond acceptors (Lipinski definition) is 2. The molecule has 2 aromatic rings. The van der Waals surface area contributed by atoms with Crippen LogP contribution in [0.25, 0.3) is 0 Å². The van der Waals surface area contributed by atoms with Crippen LogP contribution in [0.1, 0.15) is 11.4 Å². The van der Waals surface area contributed by atoms with Gasteiger partial charge in [-0.2, -0.15) is 0 Å². The summed E-state index contributed by atoms with van der Waals surface area (Å²) in [4.78, 5) is 7.21. The average Bonchev–Trinajstić information content (AvgIpc) is 2.62. The highest BCUT2D eigenvalue weighted by atomic mass is 79.9. The van der Waals surface area contributed by atoms with Crippen LogP contribution < -0.4 is 5.32 Å². The van der Waals surface area contributed by atoms with Gasteiger partial charge in [0.25, 0.3) is 0 Å². The first kappa shape index (κ1) is 12.7. The Balaban J connectivity index is 2.17. The molecule has 1 heterocycles. The van der Waals surface area contributed by atoms with Crippen LogP contribution in [0.15, 0.2) is 22.9 Å². The number of rotatable bonds is 3. The standard InChI is InChI=1S/C11H10BrCl2N3/c1-6-10(17-5-16-6)4-15-11-8(13)2-7(12)3-9(11)14/h2-3,5,15H,4H2,1H3,(H,16,17). The molecular weight excluding hydrogens is 325 g/mol. The number of anilines is 1. The molecule has 1 aromatic heterocycles. The normalized spacial score (nSPS) is 10.6. The van der Waals surface area contributed by atoms with Crippen molar-refractivity contribution < 1.29 is 0 Å². The Bertz CT molecular complexity index is 516. The Morgan fingerprint density at radius 1 is 1.35 bits per heavy atom. The van der Waals surface area contributed by atoms with Gasteiger partial charge in [-0.05, 0) is 19.1 Å². The van der Waals surface area contributed by atoms with Gasteiger partial charge in [-0.3, -0.25) is 0 Å². The molecule has 0 aliphatic heterocycles. The number of nitrogens with zero attached hydrogens (tertiary/aromatic N) is 1. The Kier molecular flexibility index (Phi) is 3.97. The monoisotopic (exact) mass is 333 g/mol. The summed E-state index contributed by atoms with van der Waals surface area (Å²) in [7, 11) is 0. The Morgan fingerprint density at radius 3 is 2.53 bits per heavy atom. The lowest BCUT2D eigenvalue weighted by atomic mass is 10.3. The van der Waals surface area contributed by atoms with Crippen LogP contribution in [0.2, 0.25) is 10.0 Å². The quantitative estimate of drug-likeness (QED) is 0.873. The van der Waals surface area contributed by atoms with Crippen molar-refractivity contribution >= 4 is 44.8 Å². The van der Waals surface area contributed by atoms with Gasteiger partial charge >= 0.3 is 0 Å². The summed E-state index contributed by atoms with van der Waals surface area (Å²) in [6, 6.07) is 3.60. The summed E-state index contributed by atoms with van der Waals surface area (Å²) in [6.07, 6.45) is 1.66. The van der Waals surface area contributed by atoms with Gasteiger partial charge in [0, 0.05) is 10.2 Å². The van der Waals surface area contributed by atoms with Crippen molar-refractivity contribution in [1.29, 1.82) is 0 Å². The van der Waals surface area contributed by atoms with Gasteiger partial charge in [0.1, 0.15) is 0 Å². The first-order valence-corrected chi connectivity index (χ1v) is 6.50. The molecule has 1 aromatic carbocycles. The average molecular weight is 335 g/mol. The predicted octanol–water partition coefficient (Wildman–Crippen LogP) is 4.40. The highest BCUT2D eigenvalue weighted by molar-refractivity contribution is 9.10. The van der Waals surface area contributed by atoms with E-state index in [-0.39, 0.29) is 0 Å². The molecule has 0 atom stereocenters. The van der Waals surface area contributed by atoms with E-state index in [9.17, 15) is 0 Å². The maximum absolute atomic E-state index is 6.11. The van der Waals surface area contributed by atoms with Crippen LogP contribution in [-0.4, -0.2) is 9.97 Å². The third kappa shape index (κ3) is 2.94. The molecule has 0 fully saturated rings. The Hall–Kier alpha value is -0.710. The molecule has 0 radical (unpaired) electrons. The number of hydrogen-bond donors (Lipinski definition) is 2. The van der Waals surface area contributed by atoms with E-state index in [2.05, 4.69) is 31.2 Å². The molecule has 0 saturated heterocycles. The Morgan fingerprint density at radius 2 is 2.00 bits per heavy atom. The summed E-state index contributed by atoms with van der Waals surface area (Å²) in [5.74, 6) is 0. The molecule has 17 heavy (non-hydrogen) atoms. The minimum atomic E-state index is 0.580. The molecule has 6 heteroatoms. The van der Waals surface area contributed by atoms with Crippen LogP contribution in [-0.2, 0) is 6.54 Å².